The van der Waals surface area contributed by atoms with Gasteiger partial charge in [0.25, 0.3) is 0 Å². The molecule has 0 saturated heterocycles. The molecule has 2 aromatic heterocycles. The van der Waals surface area contributed by atoms with Crippen LogP contribution in [0.4, 0.5) is 15.9 Å². The fraction of sp³-hybridized carbons (Fsp3) is 0.211. The molecule has 3 aromatic rings. The average Bonchev–Trinajstić information content (AvgIpc) is 2.69. The van der Waals surface area contributed by atoms with E-state index in [4.69, 9.17) is 16.5 Å². The molecule has 0 bridgehead atoms. The van der Waals surface area contributed by atoms with Gasteiger partial charge in [-0.1, -0.05) is 18.5 Å². The van der Waals surface area contributed by atoms with Crippen molar-refractivity contribution in [1.29, 1.82) is 0 Å². The summed E-state index contributed by atoms with van der Waals surface area (Å²) in [5.74, 6) is 0.387. The fourth-order valence-electron chi connectivity index (χ4n) is 2.49. The first-order valence-electron chi connectivity index (χ1n) is 8.29. The Kier molecular flexibility index (Phi) is 6.28. The molecular weight excluding hydrogens is 371 g/mol. The molecule has 0 atom stereocenters. The van der Waals surface area contributed by atoms with Crippen LogP contribution in [-0.2, 0) is 22.8 Å². The van der Waals surface area contributed by atoms with Crippen LogP contribution < -0.4 is 5.32 Å². The average molecular weight is 389 g/mol. The zero-order valence-electron chi connectivity index (χ0n) is 14.9. The Balaban J connectivity index is 1.99. The Morgan fingerprint density at radius 1 is 1.19 bits per heavy atom. The van der Waals surface area contributed by atoms with Crippen molar-refractivity contribution < 1.29 is 14.2 Å². The SMILES string of the molecule is CCc1cnc(-c2cc(Cl)ccc2F)nc1Nc1ccncc1COOC. The highest BCUT2D eigenvalue weighted by atomic mass is 35.5. The normalized spacial score (nSPS) is 10.8. The largest absolute Gasteiger partial charge is 0.339 e. The summed E-state index contributed by atoms with van der Waals surface area (Å²) in [6, 6.07) is 6.09. The molecule has 140 valence electrons. The van der Waals surface area contributed by atoms with E-state index in [0.29, 0.717) is 17.3 Å². The third-order valence-corrected chi connectivity index (χ3v) is 4.14. The van der Waals surface area contributed by atoms with Crippen molar-refractivity contribution in [1.82, 2.24) is 15.0 Å². The molecule has 3 rings (SSSR count). The summed E-state index contributed by atoms with van der Waals surface area (Å²) >= 11 is 5.99. The number of nitrogens with zero attached hydrogens (tertiary/aromatic N) is 3. The van der Waals surface area contributed by atoms with Gasteiger partial charge in [-0.05, 0) is 30.7 Å². The number of halogens is 2. The molecule has 2 heterocycles. The van der Waals surface area contributed by atoms with Crippen LogP contribution in [0.5, 0.6) is 0 Å². The van der Waals surface area contributed by atoms with Gasteiger partial charge in [0.15, 0.2) is 5.82 Å². The maximum atomic E-state index is 14.2. The monoisotopic (exact) mass is 388 g/mol. The van der Waals surface area contributed by atoms with Crippen molar-refractivity contribution in [3.05, 3.63) is 64.8 Å². The molecule has 1 aromatic carbocycles. The van der Waals surface area contributed by atoms with Crippen LogP contribution in [0.15, 0.2) is 42.9 Å². The third-order valence-electron chi connectivity index (χ3n) is 3.90. The third kappa shape index (κ3) is 4.57. The predicted octanol–water partition coefficient (Wildman–Crippen LogP) is 4.72. The quantitative estimate of drug-likeness (QED) is 0.466. The van der Waals surface area contributed by atoms with Crippen LogP contribution in [0.1, 0.15) is 18.1 Å². The smallest absolute Gasteiger partial charge is 0.164 e. The molecule has 0 spiro atoms. The molecule has 27 heavy (non-hydrogen) atoms. The second kappa shape index (κ2) is 8.85. The van der Waals surface area contributed by atoms with Crippen molar-refractivity contribution in [2.24, 2.45) is 0 Å². The van der Waals surface area contributed by atoms with Gasteiger partial charge in [-0.25, -0.2) is 24.1 Å². The Morgan fingerprint density at radius 3 is 2.81 bits per heavy atom. The summed E-state index contributed by atoms with van der Waals surface area (Å²) in [5, 5.41) is 3.68. The first-order chi connectivity index (χ1) is 13.1. The van der Waals surface area contributed by atoms with Crippen molar-refractivity contribution in [2.75, 3.05) is 12.4 Å². The molecule has 0 radical (unpaired) electrons. The molecule has 0 aliphatic heterocycles. The minimum absolute atomic E-state index is 0.217. The minimum atomic E-state index is -0.437. The van der Waals surface area contributed by atoms with Crippen LogP contribution in [0.2, 0.25) is 5.02 Å². The summed E-state index contributed by atoms with van der Waals surface area (Å²) in [5.41, 5.74) is 2.67. The van der Waals surface area contributed by atoms with Gasteiger partial charge in [-0.3, -0.25) is 4.98 Å². The number of hydrogen-bond acceptors (Lipinski definition) is 6. The highest BCUT2D eigenvalue weighted by Crippen LogP contribution is 2.27. The number of hydrogen-bond donors (Lipinski definition) is 1. The lowest BCUT2D eigenvalue weighted by molar-refractivity contribution is -0.282. The summed E-state index contributed by atoms with van der Waals surface area (Å²) in [7, 11) is 1.44. The minimum Gasteiger partial charge on any atom is -0.339 e. The lowest BCUT2D eigenvalue weighted by atomic mass is 10.1. The lowest BCUT2D eigenvalue weighted by Crippen LogP contribution is -2.05. The van der Waals surface area contributed by atoms with E-state index in [1.807, 2.05) is 6.92 Å². The maximum absolute atomic E-state index is 14.2. The van der Waals surface area contributed by atoms with Gasteiger partial charge in [0.05, 0.1) is 12.7 Å². The van der Waals surface area contributed by atoms with Crippen LogP contribution in [-0.4, -0.2) is 22.1 Å². The highest BCUT2D eigenvalue weighted by molar-refractivity contribution is 6.30. The highest BCUT2D eigenvalue weighted by Gasteiger charge is 2.13. The van der Waals surface area contributed by atoms with Gasteiger partial charge < -0.3 is 5.32 Å². The van der Waals surface area contributed by atoms with Crippen molar-refractivity contribution >= 4 is 23.1 Å². The lowest BCUT2D eigenvalue weighted by Gasteiger charge is -2.14. The van der Waals surface area contributed by atoms with Crippen LogP contribution >= 0.6 is 11.6 Å². The Hall–Kier alpha value is -2.61. The van der Waals surface area contributed by atoms with Crippen LogP contribution in [0.3, 0.4) is 0 Å². The Bertz CT molecular complexity index is 939. The summed E-state index contributed by atoms with van der Waals surface area (Å²) in [6.45, 7) is 2.21. The Labute approximate surface area is 161 Å². The van der Waals surface area contributed by atoms with Crippen LogP contribution in [0.25, 0.3) is 11.4 Å². The molecule has 0 aliphatic carbocycles. The van der Waals surface area contributed by atoms with E-state index in [1.165, 1.54) is 25.3 Å². The van der Waals surface area contributed by atoms with E-state index in [0.717, 1.165) is 16.8 Å². The molecule has 0 saturated carbocycles. The van der Waals surface area contributed by atoms with E-state index in [2.05, 4.69) is 25.2 Å². The molecular formula is C19H18ClFN4O2. The molecule has 0 aliphatic rings. The fourth-order valence-corrected chi connectivity index (χ4v) is 2.66. The molecule has 0 fully saturated rings. The van der Waals surface area contributed by atoms with Crippen LogP contribution in [0, 0.1) is 5.82 Å². The number of pyridine rings is 1. The second-order valence-electron chi connectivity index (χ2n) is 5.63. The topological polar surface area (TPSA) is 69.2 Å². The maximum Gasteiger partial charge on any atom is 0.164 e. The predicted molar refractivity (Wildman–Crippen MR) is 101 cm³/mol. The number of aryl methyl sites for hydroxylation is 1. The van der Waals surface area contributed by atoms with E-state index in [9.17, 15) is 4.39 Å². The van der Waals surface area contributed by atoms with E-state index >= 15 is 0 Å². The van der Waals surface area contributed by atoms with Gasteiger partial charge in [0.1, 0.15) is 18.2 Å². The molecule has 8 heteroatoms. The summed E-state index contributed by atoms with van der Waals surface area (Å²) < 4.78 is 14.2. The number of aromatic nitrogens is 3. The standard InChI is InChI=1S/C19H18ClFN4O2/c1-3-12-10-23-19(15-8-14(20)4-5-16(15)21)25-18(12)24-17-6-7-22-9-13(17)11-27-26-2/h4-10H,3,11H2,1-2H3,(H,22,23,24,25). The van der Waals surface area contributed by atoms with Gasteiger partial charge in [-0.15, -0.1) is 0 Å². The van der Waals surface area contributed by atoms with Crippen molar-refractivity contribution in [2.45, 2.75) is 20.0 Å². The van der Waals surface area contributed by atoms with Gasteiger partial charge in [-0.2, -0.15) is 0 Å². The summed E-state index contributed by atoms with van der Waals surface area (Å²) in [4.78, 5) is 22.6. The van der Waals surface area contributed by atoms with E-state index < -0.39 is 5.82 Å². The second-order valence-corrected chi connectivity index (χ2v) is 6.07. The molecule has 6 nitrogen and oxygen atoms in total. The van der Waals surface area contributed by atoms with Crippen molar-refractivity contribution in [3.63, 3.8) is 0 Å². The number of nitrogens with one attached hydrogen (secondary N) is 1. The van der Waals surface area contributed by atoms with E-state index in [1.54, 1.807) is 24.7 Å². The van der Waals surface area contributed by atoms with Gasteiger partial charge in [0.2, 0.25) is 0 Å². The molecule has 1 N–H and O–H groups in total. The number of rotatable bonds is 7. The van der Waals surface area contributed by atoms with E-state index in [-0.39, 0.29) is 18.0 Å². The molecule has 0 unspecified atom stereocenters. The first kappa shape index (κ1) is 19.2. The number of anilines is 2. The zero-order valence-corrected chi connectivity index (χ0v) is 15.6. The summed E-state index contributed by atoms with van der Waals surface area (Å²) in [6.07, 6.45) is 5.71. The number of benzene rings is 1. The van der Waals surface area contributed by atoms with Gasteiger partial charge in [0, 0.05) is 40.4 Å². The zero-order chi connectivity index (χ0) is 19.2. The first-order valence-corrected chi connectivity index (χ1v) is 8.67. The van der Waals surface area contributed by atoms with Gasteiger partial charge >= 0.3 is 0 Å². The molecule has 0 amide bonds. The Morgan fingerprint density at radius 2 is 2.04 bits per heavy atom. The van der Waals surface area contributed by atoms with Crippen molar-refractivity contribution in [3.8, 4) is 11.4 Å².